The molecule has 0 radical (unpaired) electrons. The topological polar surface area (TPSA) is 98.0 Å². The monoisotopic (exact) mass is 383 g/mol. The number of aromatic nitrogens is 2. The normalized spacial score (nSPS) is 15.2. The predicted molar refractivity (Wildman–Crippen MR) is 99.6 cm³/mol. The Morgan fingerprint density at radius 1 is 1.21 bits per heavy atom. The standard InChI is InChI=1S/C19H21N5O4/c1-12-7-14(23(2)22-12)10-24(19(26)15-4-6-18(25)21-20-15)9-13-3-5-16-17(8-13)28-11-27-16/h3,5,7-8H,4,6,9-11H2,1-2H3,(H,21,25). The van der Waals surface area contributed by atoms with Gasteiger partial charge in [-0.1, -0.05) is 6.07 Å². The Bertz CT molecular complexity index is 965. The number of rotatable bonds is 5. The van der Waals surface area contributed by atoms with Gasteiger partial charge < -0.3 is 14.4 Å². The van der Waals surface area contributed by atoms with Gasteiger partial charge in [0, 0.05) is 26.4 Å². The maximum atomic E-state index is 13.1. The van der Waals surface area contributed by atoms with Crippen molar-refractivity contribution in [3.8, 4) is 11.5 Å². The van der Waals surface area contributed by atoms with Crippen LogP contribution in [-0.4, -0.2) is 39.0 Å². The molecular weight excluding hydrogens is 362 g/mol. The van der Waals surface area contributed by atoms with Crippen LogP contribution in [0.25, 0.3) is 0 Å². The average molecular weight is 383 g/mol. The highest BCUT2D eigenvalue weighted by molar-refractivity contribution is 6.39. The molecule has 1 aromatic carbocycles. The van der Waals surface area contributed by atoms with Gasteiger partial charge in [0.25, 0.3) is 5.91 Å². The van der Waals surface area contributed by atoms with Crippen LogP contribution in [0, 0.1) is 6.92 Å². The molecule has 3 heterocycles. The van der Waals surface area contributed by atoms with E-state index in [1.807, 2.05) is 38.2 Å². The second-order valence-electron chi connectivity index (χ2n) is 6.84. The van der Waals surface area contributed by atoms with Crippen LogP contribution in [0.3, 0.4) is 0 Å². The Morgan fingerprint density at radius 3 is 2.75 bits per heavy atom. The first-order valence-corrected chi connectivity index (χ1v) is 9.02. The van der Waals surface area contributed by atoms with Crippen molar-refractivity contribution in [3.63, 3.8) is 0 Å². The smallest absolute Gasteiger partial charge is 0.270 e. The van der Waals surface area contributed by atoms with E-state index in [-0.39, 0.29) is 25.0 Å². The molecule has 0 atom stereocenters. The molecule has 0 aliphatic carbocycles. The maximum Gasteiger partial charge on any atom is 0.270 e. The van der Waals surface area contributed by atoms with E-state index in [1.54, 1.807) is 9.58 Å². The van der Waals surface area contributed by atoms with Crippen LogP contribution in [-0.2, 0) is 29.7 Å². The van der Waals surface area contributed by atoms with E-state index in [4.69, 9.17) is 9.47 Å². The number of nitrogens with zero attached hydrogens (tertiary/aromatic N) is 4. The largest absolute Gasteiger partial charge is 0.454 e. The molecule has 9 heteroatoms. The fourth-order valence-electron chi connectivity index (χ4n) is 3.28. The van der Waals surface area contributed by atoms with Gasteiger partial charge in [-0.3, -0.25) is 14.3 Å². The van der Waals surface area contributed by atoms with Crippen LogP contribution in [0.5, 0.6) is 11.5 Å². The fraction of sp³-hybridized carbons (Fsp3) is 0.368. The van der Waals surface area contributed by atoms with Crippen LogP contribution in [0.2, 0.25) is 0 Å². The summed E-state index contributed by atoms with van der Waals surface area (Å²) < 4.78 is 12.6. The van der Waals surface area contributed by atoms with Crippen LogP contribution in [0.4, 0.5) is 0 Å². The number of fused-ring (bicyclic) bond motifs is 1. The van der Waals surface area contributed by atoms with Crippen molar-refractivity contribution in [1.29, 1.82) is 0 Å². The molecule has 28 heavy (non-hydrogen) atoms. The Labute approximate surface area is 161 Å². The Morgan fingerprint density at radius 2 is 2.04 bits per heavy atom. The highest BCUT2D eigenvalue weighted by atomic mass is 16.7. The van der Waals surface area contributed by atoms with E-state index in [0.717, 1.165) is 17.0 Å². The van der Waals surface area contributed by atoms with Gasteiger partial charge in [-0.05, 0) is 30.7 Å². The first-order valence-electron chi connectivity index (χ1n) is 9.02. The van der Waals surface area contributed by atoms with Gasteiger partial charge in [-0.2, -0.15) is 10.2 Å². The lowest BCUT2D eigenvalue weighted by atomic mass is 10.1. The van der Waals surface area contributed by atoms with E-state index in [9.17, 15) is 9.59 Å². The van der Waals surface area contributed by atoms with Gasteiger partial charge in [0.1, 0.15) is 5.71 Å². The van der Waals surface area contributed by atoms with Crippen molar-refractivity contribution in [2.75, 3.05) is 6.79 Å². The first-order chi connectivity index (χ1) is 13.5. The van der Waals surface area contributed by atoms with Crippen molar-refractivity contribution in [2.45, 2.75) is 32.9 Å². The Balaban J connectivity index is 1.60. The van der Waals surface area contributed by atoms with E-state index >= 15 is 0 Å². The zero-order chi connectivity index (χ0) is 19.7. The van der Waals surface area contributed by atoms with Gasteiger partial charge in [0.05, 0.1) is 17.9 Å². The van der Waals surface area contributed by atoms with Crippen molar-refractivity contribution < 1.29 is 19.1 Å². The molecule has 0 fully saturated rings. The molecule has 0 bridgehead atoms. The summed E-state index contributed by atoms with van der Waals surface area (Å²) in [5, 5.41) is 8.31. The molecule has 1 aromatic heterocycles. The summed E-state index contributed by atoms with van der Waals surface area (Å²) >= 11 is 0. The molecule has 146 valence electrons. The number of ether oxygens (including phenoxy) is 2. The third kappa shape index (κ3) is 3.68. The first kappa shape index (κ1) is 18.0. The lowest BCUT2D eigenvalue weighted by Gasteiger charge is -2.24. The molecule has 1 N–H and O–H groups in total. The van der Waals surface area contributed by atoms with Gasteiger partial charge in [-0.15, -0.1) is 0 Å². The molecule has 4 rings (SSSR count). The summed E-state index contributed by atoms with van der Waals surface area (Å²) in [6.45, 7) is 2.85. The SMILES string of the molecule is Cc1cc(CN(Cc2ccc3c(c2)OCO3)C(=O)C2=NNC(=O)CC2)n(C)n1. The quantitative estimate of drug-likeness (QED) is 0.838. The fourth-order valence-corrected chi connectivity index (χ4v) is 3.28. The van der Waals surface area contributed by atoms with Crippen LogP contribution in [0.15, 0.2) is 29.4 Å². The van der Waals surface area contributed by atoms with Crippen LogP contribution >= 0.6 is 0 Å². The molecule has 2 aliphatic heterocycles. The Kier molecular flexibility index (Phi) is 4.72. The average Bonchev–Trinajstić information content (AvgIpc) is 3.26. The summed E-state index contributed by atoms with van der Waals surface area (Å²) in [5.74, 6) is 0.976. The van der Waals surface area contributed by atoms with Crippen molar-refractivity contribution in [1.82, 2.24) is 20.1 Å². The van der Waals surface area contributed by atoms with Crippen LogP contribution < -0.4 is 14.9 Å². The molecule has 0 saturated carbocycles. The molecule has 2 aromatic rings. The van der Waals surface area contributed by atoms with E-state index in [1.165, 1.54) is 0 Å². The molecule has 0 spiro atoms. The van der Waals surface area contributed by atoms with Crippen molar-refractivity contribution >= 4 is 17.5 Å². The molecule has 2 aliphatic rings. The van der Waals surface area contributed by atoms with E-state index < -0.39 is 0 Å². The number of amides is 2. The van der Waals surface area contributed by atoms with Gasteiger partial charge in [0.15, 0.2) is 11.5 Å². The number of nitrogens with one attached hydrogen (secondary N) is 1. The molecule has 0 saturated heterocycles. The number of carbonyl (C=O) groups is 2. The zero-order valence-electron chi connectivity index (χ0n) is 15.8. The number of hydrogen-bond donors (Lipinski definition) is 1. The molecule has 2 amide bonds. The summed E-state index contributed by atoms with van der Waals surface area (Å²) in [7, 11) is 1.85. The number of hydrazone groups is 1. The number of benzene rings is 1. The Hall–Kier alpha value is -3.36. The van der Waals surface area contributed by atoms with Gasteiger partial charge in [0.2, 0.25) is 12.7 Å². The minimum Gasteiger partial charge on any atom is -0.454 e. The third-order valence-electron chi connectivity index (χ3n) is 4.70. The summed E-state index contributed by atoms with van der Waals surface area (Å²) in [5.41, 5.74) is 5.45. The second-order valence-corrected chi connectivity index (χ2v) is 6.84. The zero-order valence-corrected chi connectivity index (χ0v) is 15.8. The number of carbonyl (C=O) groups excluding carboxylic acids is 2. The number of aryl methyl sites for hydroxylation is 2. The minimum absolute atomic E-state index is 0.180. The summed E-state index contributed by atoms with van der Waals surface area (Å²) in [6.07, 6.45) is 0.583. The maximum absolute atomic E-state index is 13.1. The summed E-state index contributed by atoms with van der Waals surface area (Å²) in [4.78, 5) is 26.2. The lowest BCUT2D eigenvalue weighted by Crippen LogP contribution is -2.39. The highest BCUT2D eigenvalue weighted by Crippen LogP contribution is 2.33. The highest BCUT2D eigenvalue weighted by Gasteiger charge is 2.25. The van der Waals surface area contributed by atoms with E-state index in [2.05, 4.69) is 15.6 Å². The van der Waals surface area contributed by atoms with Gasteiger partial charge in [-0.25, -0.2) is 5.43 Å². The van der Waals surface area contributed by atoms with E-state index in [0.29, 0.717) is 36.7 Å². The third-order valence-corrected chi connectivity index (χ3v) is 4.70. The molecule has 9 nitrogen and oxygen atoms in total. The predicted octanol–water partition coefficient (Wildman–Crippen LogP) is 1.25. The second kappa shape index (κ2) is 7.34. The van der Waals surface area contributed by atoms with Crippen LogP contribution in [0.1, 0.15) is 29.8 Å². The lowest BCUT2D eigenvalue weighted by molar-refractivity contribution is -0.125. The van der Waals surface area contributed by atoms with Gasteiger partial charge >= 0.3 is 0 Å². The molecular formula is C19H21N5O4. The molecule has 0 unspecified atom stereocenters. The van der Waals surface area contributed by atoms with Crippen molar-refractivity contribution in [2.24, 2.45) is 12.1 Å². The number of hydrogen-bond acceptors (Lipinski definition) is 6. The van der Waals surface area contributed by atoms with Crippen molar-refractivity contribution in [3.05, 3.63) is 41.2 Å². The summed E-state index contributed by atoms with van der Waals surface area (Å²) in [6, 6.07) is 7.57. The minimum atomic E-state index is -0.212.